The van der Waals surface area contributed by atoms with Gasteiger partial charge in [-0.2, -0.15) is 8.78 Å². The van der Waals surface area contributed by atoms with Crippen molar-refractivity contribution in [2.75, 3.05) is 35.7 Å². The van der Waals surface area contributed by atoms with Crippen molar-refractivity contribution in [3.63, 3.8) is 0 Å². The van der Waals surface area contributed by atoms with Crippen LogP contribution in [0.15, 0.2) is 29.2 Å². The number of aliphatic hydroxyl groups excluding tert-OH is 1. The molecule has 0 spiro atoms. The number of fused-ring (bicyclic) bond motifs is 1. The lowest BCUT2D eigenvalue weighted by Crippen LogP contribution is -2.48. The van der Waals surface area contributed by atoms with Crippen LogP contribution in [0.2, 0.25) is 5.02 Å². The monoisotopic (exact) mass is 482 g/mol. The Bertz CT molecular complexity index is 1040. The van der Waals surface area contributed by atoms with E-state index in [-0.39, 0.29) is 23.2 Å². The van der Waals surface area contributed by atoms with Gasteiger partial charge < -0.3 is 15.3 Å². The minimum Gasteiger partial charge on any atom is -0.394 e. The Hall–Kier alpha value is -1.84. The van der Waals surface area contributed by atoms with Crippen LogP contribution in [0.3, 0.4) is 0 Å². The smallest absolute Gasteiger partial charge is 0.302 e. The third-order valence-electron chi connectivity index (χ3n) is 6.82. The average molecular weight is 483 g/mol. The number of anilines is 2. The summed E-state index contributed by atoms with van der Waals surface area (Å²) in [5.74, 6) is -3.51. The number of benzene rings is 1. The normalized spacial score (nSPS) is 24.1. The highest BCUT2D eigenvalue weighted by Crippen LogP contribution is 2.45. The third-order valence-corrected chi connectivity index (χ3v) is 8.54. The molecule has 1 aromatic heterocycles. The van der Waals surface area contributed by atoms with Gasteiger partial charge in [0, 0.05) is 29.7 Å². The van der Waals surface area contributed by atoms with Gasteiger partial charge in [0.15, 0.2) is 0 Å². The molecular formula is C22H25ClF2N4O2S. The van der Waals surface area contributed by atoms with E-state index >= 15 is 0 Å². The second-order valence-electron chi connectivity index (χ2n) is 8.96. The van der Waals surface area contributed by atoms with Gasteiger partial charge in [-0.25, -0.2) is 9.97 Å². The van der Waals surface area contributed by atoms with Crippen LogP contribution in [0.4, 0.5) is 20.3 Å². The van der Waals surface area contributed by atoms with Crippen molar-refractivity contribution in [2.24, 2.45) is 0 Å². The predicted octanol–water partition coefficient (Wildman–Crippen LogP) is 4.05. The standard InChI is InChI=1S/C22H25ClF2N4O2S/c23-15-2-4-16(5-3-15)29-10-6-14(7-11-29)19-26-18-17(32(31)13-22(18,24)25)20(27-19)28-21(12-30)8-1-9-21/h2-5,14,30H,1,6-13H2,(H,26,27,28)/t32-/m1/s1. The fourth-order valence-electron chi connectivity index (χ4n) is 4.73. The molecule has 5 rings (SSSR count). The first-order chi connectivity index (χ1) is 15.3. The summed E-state index contributed by atoms with van der Waals surface area (Å²) in [6.07, 6.45) is 3.83. The van der Waals surface area contributed by atoms with Crippen LogP contribution in [0.5, 0.6) is 0 Å². The highest BCUT2D eigenvalue weighted by molar-refractivity contribution is 7.85. The molecule has 2 N–H and O–H groups in total. The van der Waals surface area contributed by atoms with Crippen LogP contribution < -0.4 is 10.2 Å². The molecule has 0 amide bonds. The van der Waals surface area contributed by atoms with Crippen molar-refractivity contribution >= 4 is 33.9 Å². The number of aliphatic hydroxyl groups is 1. The first-order valence-corrected chi connectivity index (χ1v) is 12.6. The first-order valence-electron chi connectivity index (χ1n) is 10.9. The summed E-state index contributed by atoms with van der Waals surface area (Å²) in [5, 5.41) is 13.7. The van der Waals surface area contributed by atoms with E-state index in [9.17, 15) is 18.1 Å². The molecule has 2 aliphatic heterocycles. The zero-order valence-electron chi connectivity index (χ0n) is 17.5. The summed E-state index contributed by atoms with van der Waals surface area (Å²) in [4.78, 5) is 11.1. The highest BCUT2D eigenvalue weighted by Gasteiger charge is 2.49. The number of nitrogens with one attached hydrogen (secondary N) is 1. The number of hydrogen-bond acceptors (Lipinski definition) is 6. The third kappa shape index (κ3) is 3.88. The van der Waals surface area contributed by atoms with E-state index in [1.54, 1.807) is 0 Å². The maximum atomic E-state index is 14.7. The van der Waals surface area contributed by atoms with Crippen LogP contribution in [0.1, 0.15) is 49.5 Å². The van der Waals surface area contributed by atoms with E-state index in [4.69, 9.17) is 11.6 Å². The number of nitrogens with zero attached hydrogens (tertiary/aromatic N) is 3. The van der Waals surface area contributed by atoms with Crippen LogP contribution >= 0.6 is 11.6 Å². The molecule has 0 radical (unpaired) electrons. The summed E-state index contributed by atoms with van der Waals surface area (Å²) in [5.41, 5.74) is 0.0668. The van der Waals surface area contributed by atoms with Crippen molar-refractivity contribution in [3.8, 4) is 0 Å². The second-order valence-corrected chi connectivity index (χ2v) is 10.8. The molecule has 1 aromatic carbocycles. The van der Waals surface area contributed by atoms with Gasteiger partial charge in [-0.05, 0) is 56.4 Å². The lowest BCUT2D eigenvalue weighted by atomic mass is 9.77. The SMILES string of the molecule is O=[S@@]1CC(F)(F)c2nc(C3CCN(c4ccc(Cl)cc4)CC3)nc(NC3(CO)CCC3)c21. The number of halogens is 3. The maximum Gasteiger partial charge on any atom is 0.302 e. The fourth-order valence-corrected chi connectivity index (χ4v) is 6.19. The molecule has 2 aromatic rings. The second kappa shape index (κ2) is 8.18. The number of aromatic nitrogens is 2. The first kappa shape index (κ1) is 22.0. The van der Waals surface area contributed by atoms with Crippen molar-refractivity contribution in [1.29, 1.82) is 0 Å². The summed E-state index contributed by atoms with van der Waals surface area (Å²) in [7, 11) is -1.88. The molecular weight excluding hydrogens is 458 g/mol. The molecule has 1 aliphatic carbocycles. The molecule has 1 atom stereocenters. The van der Waals surface area contributed by atoms with E-state index in [1.807, 2.05) is 24.3 Å². The van der Waals surface area contributed by atoms with Gasteiger partial charge in [-0.1, -0.05) is 11.6 Å². The van der Waals surface area contributed by atoms with E-state index in [0.717, 1.165) is 50.9 Å². The predicted molar refractivity (Wildman–Crippen MR) is 120 cm³/mol. The Labute approximate surface area is 192 Å². The van der Waals surface area contributed by atoms with Crippen molar-refractivity contribution < 1.29 is 18.1 Å². The summed E-state index contributed by atoms with van der Waals surface area (Å²) >= 11 is 5.98. The van der Waals surface area contributed by atoms with Crippen molar-refractivity contribution in [1.82, 2.24) is 9.97 Å². The largest absolute Gasteiger partial charge is 0.394 e. The van der Waals surface area contributed by atoms with Crippen LogP contribution in [-0.2, 0) is 16.7 Å². The minimum atomic E-state index is -3.25. The summed E-state index contributed by atoms with van der Waals surface area (Å²) in [6.45, 7) is 1.38. The van der Waals surface area contributed by atoms with Gasteiger partial charge >= 0.3 is 5.92 Å². The molecule has 6 nitrogen and oxygen atoms in total. The van der Waals surface area contributed by atoms with Crippen LogP contribution in [0.25, 0.3) is 0 Å². The van der Waals surface area contributed by atoms with Crippen molar-refractivity contribution in [2.45, 2.75) is 54.4 Å². The molecule has 0 bridgehead atoms. The quantitative estimate of drug-likeness (QED) is 0.669. The molecule has 1 saturated carbocycles. The van der Waals surface area contributed by atoms with Crippen LogP contribution in [0, 0.1) is 0 Å². The van der Waals surface area contributed by atoms with E-state index in [1.165, 1.54) is 0 Å². The molecule has 172 valence electrons. The maximum absolute atomic E-state index is 14.7. The van der Waals surface area contributed by atoms with Gasteiger partial charge in [0.05, 0.1) is 28.7 Å². The van der Waals surface area contributed by atoms with Gasteiger partial charge in [0.2, 0.25) is 0 Å². The number of rotatable bonds is 5. The van der Waals surface area contributed by atoms with Crippen molar-refractivity contribution in [3.05, 3.63) is 40.8 Å². The molecule has 2 fully saturated rings. The minimum absolute atomic E-state index is 0.00271. The van der Waals surface area contributed by atoms with E-state index in [0.29, 0.717) is 10.8 Å². The lowest BCUT2D eigenvalue weighted by Gasteiger charge is -2.41. The Morgan fingerprint density at radius 1 is 1.19 bits per heavy atom. The molecule has 3 heterocycles. The average Bonchev–Trinajstić information content (AvgIpc) is 2.99. The molecule has 32 heavy (non-hydrogen) atoms. The fraction of sp³-hybridized carbons (Fsp3) is 0.545. The Kier molecular flexibility index (Phi) is 5.62. The highest BCUT2D eigenvalue weighted by atomic mass is 35.5. The number of hydrogen-bond donors (Lipinski definition) is 2. The van der Waals surface area contributed by atoms with E-state index in [2.05, 4.69) is 20.2 Å². The topological polar surface area (TPSA) is 78.4 Å². The van der Waals surface area contributed by atoms with Gasteiger partial charge in [0.1, 0.15) is 22.2 Å². The van der Waals surface area contributed by atoms with Gasteiger partial charge in [-0.15, -0.1) is 0 Å². The lowest BCUT2D eigenvalue weighted by molar-refractivity contribution is 0.0187. The van der Waals surface area contributed by atoms with E-state index < -0.39 is 33.7 Å². The summed E-state index contributed by atoms with van der Waals surface area (Å²) in [6, 6.07) is 7.65. The number of piperidine rings is 1. The zero-order chi connectivity index (χ0) is 22.5. The Morgan fingerprint density at radius 3 is 2.47 bits per heavy atom. The summed E-state index contributed by atoms with van der Waals surface area (Å²) < 4.78 is 41.9. The molecule has 1 saturated heterocycles. The van der Waals surface area contributed by atoms with Gasteiger partial charge in [0.25, 0.3) is 0 Å². The van der Waals surface area contributed by atoms with Gasteiger partial charge in [-0.3, -0.25) is 4.21 Å². The Morgan fingerprint density at radius 2 is 1.88 bits per heavy atom. The molecule has 3 aliphatic rings. The van der Waals surface area contributed by atoms with Crippen LogP contribution in [-0.4, -0.2) is 50.3 Å². The Balaban J connectivity index is 1.43. The zero-order valence-corrected chi connectivity index (χ0v) is 19.1. The number of alkyl halides is 2. The molecule has 0 unspecified atom stereocenters. The molecule has 10 heteroatoms.